The van der Waals surface area contributed by atoms with Crippen LogP contribution in [0.1, 0.15) is 64.0 Å². The van der Waals surface area contributed by atoms with Gasteiger partial charge in [-0.25, -0.2) is 0 Å². The molecule has 5 atom stereocenters. The lowest BCUT2D eigenvalue weighted by atomic mass is 9.80. The van der Waals surface area contributed by atoms with Crippen molar-refractivity contribution in [3.8, 4) is 29.3 Å². The highest BCUT2D eigenvalue weighted by atomic mass is 15.3. The molecule has 6 nitrogen and oxygen atoms in total. The van der Waals surface area contributed by atoms with Crippen molar-refractivity contribution in [3.63, 3.8) is 0 Å². The monoisotopic (exact) mass is 670 g/mol. The topological polar surface area (TPSA) is 91.6 Å². The van der Waals surface area contributed by atoms with E-state index in [1.165, 1.54) is 22.2 Å². The maximum Gasteiger partial charge on any atom is 0.105 e. The zero-order chi connectivity index (χ0) is 35.3. The van der Waals surface area contributed by atoms with Crippen molar-refractivity contribution < 1.29 is 0 Å². The van der Waals surface area contributed by atoms with Gasteiger partial charge < -0.3 is 9.47 Å². The Hall–Kier alpha value is -6.65. The first-order chi connectivity index (χ1) is 25.6. The van der Waals surface area contributed by atoms with Crippen molar-refractivity contribution in [1.29, 1.82) is 15.8 Å². The molecular weight excluding hydrogens is 637 g/mol. The molecule has 6 heteroatoms. The normalized spacial score (nSPS) is 22.3. The quantitative estimate of drug-likeness (QED) is 0.206. The molecule has 3 heterocycles. The van der Waals surface area contributed by atoms with E-state index in [4.69, 9.17) is 0 Å². The van der Waals surface area contributed by atoms with Crippen molar-refractivity contribution in [2.24, 2.45) is 5.92 Å². The number of hydrogen-bond donors (Lipinski definition) is 1. The number of nitrogens with one attached hydrogen (secondary N) is 1. The van der Waals surface area contributed by atoms with E-state index in [-0.39, 0.29) is 24.2 Å². The Morgan fingerprint density at radius 3 is 2.42 bits per heavy atom. The van der Waals surface area contributed by atoms with Crippen molar-refractivity contribution >= 4 is 28.4 Å². The second-order valence-corrected chi connectivity index (χ2v) is 13.9. The lowest BCUT2D eigenvalue weighted by Gasteiger charge is -2.41. The van der Waals surface area contributed by atoms with Crippen LogP contribution in [0.3, 0.4) is 0 Å². The number of para-hydroxylation sites is 1. The zero-order valence-electron chi connectivity index (χ0n) is 28.6. The average Bonchev–Trinajstić information content (AvgIpc) is 3.35. The van der Waals surface area contributed by atoms with Gasteiger partial charge in [-0.1, -0.05) is 104 Å². The van der Waals surface area contributed by atoms with E-state index in [0.29, 0.717) is 22.6 Å². The number of benzene rings is 4. The van der Waals surface area contributed by atoms with Gasteiger partial charge in [-0.2, -0.15) is 15.8 Å². The van der Waals surface area contributed by atoms with E-state index in [0.717, 1.165) is 40.0 Å². The molecule has 0 saturated carbocycles. The van der Waals surface area contributed by atoms with E-state index >= 15 is 0 Å². The van der Waals surface area contributed by atoms with Gasteiger partial charge >= 0.3 is 0 Å². The molecule has 5 unspecified atom stereocenters. The van der Waals surface area contributed by atoms with Crippen LogP contribution in [0.5, 0.6) is 0 Å². The maximum absolute atomic E-state index is 11.1. The number of aromatic nitrogens is 1. The first kappa shape index (κ1) is 31.3. The number of anilines is 2. The van der Waals surface area contributed by atoms with Crippen LogP contribution in [0.2, 0.25) is 0 Å². The van der Waals surface area contributed by atoms with Gasteiger partial charge in [-0.3, -0.25) is 5.32 Å². The molecule has 0 fully saturated rings. The van der Waals surface area contributed by atoms with Gasteiger partial charge in [-0.05, 0) is 65.9 Å². The Morgan fingerprint density at radius 1 is 0.731 bits per heavy atom. The minimum absolute atomic E-state index is 0.0492. The van der Waals surface area contributed by atoms with Crippen LogP contribution in [0, 0.1) is 39.9 Å². The molecule has 4 aliphatic rings. The summed E-state index contributed by atoms with van der Waals surface area (Å²) in [5.41, 5.74) is 10.5. The second-order valence-electron chi connectivity index (χ2n) is 13.9. The van der Waals surface area contributed by atoms with Crippen molar-refractivity contribution in [2.75, 3.05) is 4.90 Å². The molecular formula is C46H34N6. The first-order valence-corrected chi connectivity index (χ1v) is 17.8. The smallest absolute Gasteiger partial charge is 0.105 e. The van der Waals surface area contributed by atoms with E-state index in [1.807, 2.05) is 60.7 Å². The third-order valence-corrected chi connectivity index (χ3v) is 10.9. The number of nitrogens with zero attached hydrogens (tertiary/aromatic N) is 5. The minimum Gasteiger partial charge on any atom is -0.336 e. The minimum atomic E-state index is -0.242. The van der Waals surface area contributed by atoms with Gasteiger partial charge in [0.2, 0.25) is 0 Å². The molecule has 0 radical (unpaired) electrons. The fourth-order valence-electron chi connectivity index (χ4n) is 8.66. The molecule has 4 aromatic carbocycles. The summed E-state index contributed by atoms with van der Waals surface area (Å²) in [6, 6.07) is 33.5. The van der Waals surface area contributed by atoms with Gasteiger partial charge in [0.1, 0.15) is 12.2 Å². The molecule has 0 spiro atoms. The summed E-state index contributed by atoms with van der Waals surface area (Å²) in [6.07, 6.45) is 22.2. The van der Waals surface area contributed by atoms with Crippen LogP contribution < -0.4 is 10.2 Å². The highest BCUT2D eigenvalue weighted by Crippen LogP contribution is 2.48. The Morgan fingerprint density at radius 2 is 1.56 bits per heavy atom. The predicted octanol–water partition coefficient (Wildman–Crippen LogP) is 9.81. The summed E-state index contributed by atoms with van der Waals surface area (Å²) < 4.78 is 2.51. The molecule has 52 heavy (non-hydrogen) atoms. The van der Waals surface area contributed by atoms with Gasteiger partial charge in [0.05, 0.1) is 46.6 Å². The van der Waals surface area contributed by atoms with E-state index in [2.05, 4.69) is 119 Å². The van der Waals surface area contributed by atoms with Crippen LogP contribution >= 0.6 is 0 Å². The van der Waals surface area contributed by atoms with Gasteiger partial charge in [-0.15, -0.1) is 0 Å². The molecule has 2 aliphatic heterocycles. The second kappa shape index (κ2) is 12.6. The van der Waals surface area contributed by atoms with Crippen molar-refractivity contribution in [2.45, 2.75) is 37.5 Å². The molecule has 0 amide bonds. The molecule has 2 aliphatic carbocycles. The molecule has 0 saturated heterocycles. The number of hydrogen-bond acceptors (Lipinski definition) is 5. The third-order valence-electron chi connectivity index (χ3n) is 10.9. The van der Waals surface area contributed by atoms with E-state index in [9.17, 15) is 15.8 Å². The van der Waals surface area contributed by atoms with Crippen LogP contribution in [-0.2, 0) is 6.42 Å². The molecule has 5 aromatic rings. The molecule has 9 rings (SSSR count). The van der Waals surface area contributed by atoms with Crippen molar-refractivity contribution in [3.05, 3.63) is 173 Å². The molecule has 248 valence electrons. The summed E-state index contributed by atoms with van der Waals surface area (Å²) in [5, 5.41) is 36.4. The summed E-state index contributed by atoms with van der Waals surface area (Å²) in [6.45, 7) is 2.26. The van der Waals surface area contributed by atoms with Gasteiger partial charge in [0.15, 0.2) is 0 Å². The zero-order valence-corrected chi connectivity index (χ0v) is 28.6. The Kier molecular flexibility index (Phi) is 7.59. The predicted molar refractivity (Wildman–Crippen MR) is 206 cm³/mol. The van der Waals surface area contributed by atoms with Crippen LogP contribution in [0.4, 0.5) is 11.4 Å². The maximum atomic E-state index is 11.1. The lowest BCUT2D eigenvalue weighted by Crippen LogP contribution is -2.47. The first-order valence-electron chi connectivity index (χ1n) is 17.8. The Balaban J connectivity index is 1.24. The summed E-state index contributed by atoms with van der Waals surface area (Å²) in [5.74, 6) is 0.314. The molecule has 1 N–H and O–H groups in total. The number of rotatable bonds is 4. The van der Waals surface area contributed by atoms with Crippen LogP contribution in [0.25, 0.3) is 28.1 Å². The Bertz CT molecular complexity index is 2570. The lowest BCUT2D eigenvalue weighted by molar-refractivity contribution is 0.525. The SMILES string of the molecule is CC1C=Cc2c(n(C3C=CC=CC3c3cccc(C#N)c3-c3cccc(N4c5ccc(C#N)cc5C5C=CC=CC4N5)c3C#N)c3ccccc23)C1. The number of allylic oxidation sites excluding steroid dienone is 7. The summed E-state index contributed by atoms with van der Waals surface area (Å²) >= 11 is 0. The summed E-state index contributed by atoms with van der Waals surface area (Å²) in [7, 11) is 0. The fraction of sp³-hybridized carbons (Fsp3) is 0.152. The highest BCUT2D eigenvalue weighted by molar-refractivity contribution is 5.92. The van der Waals surface area contributed by atoms with Crippen molar-refractivity contribution in [1.82, 2.24) is 9.88 Å². The van der Waals surface area contributed by atoms with Gasteiger partial charge in [0, 0.05) is 44.9 Å². The fourth-order valence-corrected chi connectivity index (χ4v) is 8.66. The average molecular weight is 671 g/mol. The van der Waals surface area contributed by atoms with Crippen LogP contribution in [-0.4, -0.2) is 10.7 Å². The largest absolute Gasteiger partial charge is 0.336 e. The van der Waals surface area contributed by atoms with E-state index in [1.54, 1.807) is 0 Å². The van der Waals surface area contributed by atoms with Gasteiger partial charge in [0.25, 0.3) is 0 Å². The third kappa shape index (κ3) is 4.87. The molecule has 2 bridgehead atoms. The Labute approximate surface area is 303 Å². The standard InChI is InChI=1S/C46H34N6/c1-29-20-22-34-32-11-2-5-16-40(32)51(44(34)24-29)41-17-6-3-12-33(41)35-13-8-10-31(27-48)46(35)36-14-9-18-42(38(36)28-49)52-43-23-21-30(26-47)25-37(43)39-15-4-7-19-45(52)50-39/h2-23,25,29,33,39,41,45,50H,24H2,1H3. The number of fused-ring (bicyclic) bond motifs is 7. The highest BCUT2D eigenvalue weighted by Gasteiger charge is 2.35. The number of nitriles is 3. The summed E-state index contributed by atoms with van der Waals surface area (Å²) in [4.78, 5) is 2.15. The molecule has 1 aromatic heterocycles. The van der Waals surface area contributed by atoms with E-state index < -0.39 is 0 Å². The van der Waals surface area contributed by atoms with Crippen LogP contribution in [0.15, 0.2) is 134 Å².